The van der Waals surface area contributed by atoms with E-state index in [-0.39, 0.29) is 23.6 Å². The molecule has 0 bridgehead atoms. The maximum absolute atomic E-state index is 12.3. The second-order valence-corrected chi connectivity index (χ2v) is 5.95. The summed E-state index contributed by atoms with van der Waals surface area (Å²) in [4.78, 5) is 30.3. The van der Waals surface area contributed by atoms with Crippen LogP contribution in [0.1, 0.15) is 34.7 Å². The van der Waals surface area contributed by atoms with Gasteiger partial charge in [0.15, 0.2) is 0 Å². The third-order valence-electron chi connectivity index (χ3n) is 3.32. The average molecular weight is 326 g/mol. The number of nitrogens with zero attached hydrogens (tertiary/aromatic N) is 2. The molecule has 0 aliphatic carbocycles. The van der Waals surface area contributed by atoms with Crippen molar-refractivity contribution in [1.29, 1.82) is 0 Å². The van der Waals surface area contributed by atoms with E-state index in [2.05, 4.69) is 15.6 Å². The van der Waals surface area contributed by atoms with Gasteiger partial charge in [0.1, 0.15) is 5.69 Å². The summed E-state index contributed by atoms with van der Waals surface area (Å²) in [6, 6.07) is 10.6. The van der Waals surface area contributed by atoms with E-state index in [0.29, 0.717) is 11.3 Å². The summed E-state index contributed by atoms with van der Waals surface area (Å²) in [5, 5.41) is 5.57. The van der Waals surface area contributed by atoms with Crippen LogP contribution in [0.15, 0.2) is 42.6 Å². The molecule has 2 aromatic rings. The van der Waals surface area contributed by atoms with Crippen molar-refractivity contribution in [2.45, 2.75) is 19.9 Å². The Morgan fingerprint density at radius 1 is 1.04 bits per heavy atom. The highest BCUT2D eigenvalue weighted by Gasteiger charge is 2.12. The van der Waals surface area contributed by atoms with Gasteiger partial charge in [-0.15, -0.1) is 0 Å². The van der Waals surface area contributed by atoms with E-state index in [1.807, 2.05) is 57.1 Å². The van der Waals surface area contributed by atoms with Gasteiger partial charge in [-0.1, -0.05) is 0 Å². The minimum absolute atomic E-state index is 0.00648. The van der Waals surface area contributed by atoms with Crippen molar-refractivity contribution < 1.29 is 9.59 Å². The Hall–Kier alpha value is -2.89. The van der Waals surface area contributed by atoms with E-state index in [9.17, 15) is 9.59 Å². The summed E-state index contributed by atoms with van der Waals surface area (Å²) in [6.07, 6.45) is 1.46. The van der Waals surface area contributed by atoms with Gasteiger partial charge < -0.3 is 15.5 Å². The van der Waals surface area contributed by atoms with Crippen LogP contribution in [-0.4, -0.2) is 36.9 Å². The van der Waals surface area contributed by atoms with Gasteiger partial charge in [-0.05, 0) is 50.2 Å². The Morgan fingerprint density at radius 3 is 2.29 bits per heavy atom. The van der Waals surface area contributed by atoms with Gasteiger partial charge in [0.25, 0.3) is 11.8 Å². The molecule has 1 aromatic carbocycles. The Bertz CT molecular complexity index is 724. The molecule has 6 nitrogen and oxygen atoms in total. The lowest BCUT2D eigenvalue weighted by molar-refractivity contribution is 0.0938. The summed E-state index contributed by atoms with van der Waals surface area (Å²) in [7, 11) is 3.91. The predicted octanol–water partition coefficient (Wildman–Crippen LogP) is 2.54. The van der Waals surface area contributed by atoms with Crippen LogP contribution < -0.4 is 15.5 Å². The first kappa shape index (κ1) is 17.5. The van der Waals surface area contributed by atoms with Crippen LogP contribution in [-0.2, 0) is 0 Å². The van der Waals surface area contributed by atoms with Crippen molar-refractivity contribution in [3.8, 4) is 0 Å². The molecule has 0 saturated heterocycles. The van der Waals surface area contributed by atoms with Gasteiger partial charge >= 0.3 is 0 Å². The van der Waals surface area contributed by atoms with E-state index in [0.717, 1.165) is 5.69 Å². The van der Waals surface area contributed by atoms with Crippen LogP contribution in [0.2, 0.25) is 0 Å². The number of rotatable bonds is 5. The molecule has 126 valence electrons. The van der Waals surface area contributed by atoms with Gasteiger partial charge in [0.2, 0.25) is 0 Å². The maximum atomic E-state index is 12.3. The summed E-state index contributed by atoms with van der Waals surface area (Å²) in [6.45, 7) is 3.73. The highest BCUT2D eigenvalue weighted by atomic mass is 16.2. The van der Waals surface area contributed by atoms with E-state index in [1.165, 1.54) is 12.3 Å². The molecule has 0 radical (unpaired) electrons. The van der Waals surface area contributed by atoms with Crippen molar-refractivity contribution in [3.63, 3.8) is 0 Å². The number of carbonyl (C=O) groups is 2. The highest BCUT2D eigenvalue weighted by Crippen LogP contribution is 2.16. The Balaban J connectivity index is 2.11. The minimum Gasteiger partial charge on any atom is -0.378 e. The quantitative estimate of drug-likeness (QED) is 0.885. The average Bonchev–Trinajstić information content (AvgIpc) is 2.54. The zero-order valence-electron chi connectivity index (χ0n) is 14.3. The number of pyridine rings is 1. The van der Waals surface area contributed by atoms with E-state index in [4.69, 9.17) is 0 Å². The molecule has 6 heteroatoms. The molecule has 2 amide bonds. The molecule has 2 rings (SSSR count). The zero-order valence-corrected chi connectivity index (χ0v) is 14.3. The molecule has 0 spiro atoms. The SMILES string of the molecule is CC(C)NC(=O)c1cc(C(=O)Nc2ccc(N(C)C)cc2)ccn1. The molecular formula is C18H22N4O2. The molecular weight excluding hydrogens is 304 g/mol. The molecule has 0 aliphatic heterocycles. The van der Waals surface area contributed by atoms with Crippen molar-refractivity contribution >= 4 is 23.2 Å². The van der Waals surface area contributed by atoms with Crippen molar-refractivity contribution in [3.05, 3.63) is 53.9 Å². The van der Waals surface area contributed by atoms with Crippen molar-refractivity contribution in [2.75, 3.05) is 24.3 Å². The van der Waals surface area contributed by atoms with Crippen molar-refractivity contribution in [2.24, 2.45) is 0 Å². The smallest absolute Gasteiger partial charge is 0.270 e. The Kier molecular flexibility index (Phi) is 5.52. The number of anilines is 2. The predicted molar refractivity (Wildman–Crippen MR) is 95.6 cm³/mol. The molecule has 0 atom stereocenters. The Labute approximate surface area is 141 Å². The lowest BCUT2D eigenvalue weighted by atomic mass is 10.2. The first-order valence-corrected chi connectivity index (χ1v) is 7.72. The molecule has 1 heterocycles. The largest absolute Gasteiger partial charge is 0.378 e. The van der Waals surface area contributed by atoms with Crippen LogP contribution in [0, 0.1) is 0 Å². The van der Waals surface area contributed by atoms with Crippen LogP contribution in [0.25, 0.3) is 0 Å². The van der Waals surface area contributed by atoms with Crippen molar-refractivity contribution in [1.82, 2.24) is 10.3 Å². The molecule has 2 N–H and O–H groups in total. The van der Waals surface area contributed by atoms with Gasteiger partial charge in [0, 0.05) is 43.3 Å². The Morgan fingerprint density at radius 2 is 1.71 bits per heavy atom. The topological polar surface area (TPSA) is 74.3 Å². The van der Waals surface area contributed by atoms with Gasteiger partial charge in [0.05, 0.1) is 0 Å². The fraction of sp³-hybridized carbons (Fsp3) is 0.278. The number of hydrogen-bond donors (Lipinski definition) is 2. The normalized spacial score (nSPS) is 10.4. The number of nitrogens with one attached hydrogen (secondary N) is 2. The lowest BCUT2D eigenvalue weighted by Crippen LogP contribution is -2.31. The van der Waals surface area contributed by atoms with Gasteiger partial charge in [-0.3, -0.25) is 14.6 Å². The number of amides is 2. The number of benzene rings is 1. The molecule has 0 saturated carbocycles. The van der Waals surface area contributed by atoms with E-state index in [1.54, 1.807) is 6.07 Å². The standard InChI is InChI=1S/C18H22N4O2/c1-12(2)20-18(24)16-11-13(9-10-19-16)17(23)21-14-5-7-15(8-6-14)22(3)4/h5-12H,1-4H3,(H,20,24)(H,21,23). The summed E-state index contributed by atoms with van der Waals surface area (Å²) in [5.74, 6) is -0.580. The third kappa shape index (κ3) is 4.55. The summed E-state index contributed by atoms with van der Waals surface area (Å²) in [5.41, 5.74) is 2.34. The number of aromatic nitrogens is 1. The number of hydrogen-bond acceptors (Lipinski definition) is 4. The molecule has 24 heavy (non-hydrogen) atoms. The summed E-state index contributed by atoms with van der Waals surface area (Å²) >= 11 is 0. The van der Waals surface area contributed by atoms with Gasteiger partial charge in [-0.2, -0.15) is 0 Å². The van der Waals surface area contributed by atoms with Gasteiger partial charge in [-0.25, -0.2) is 0 Å². The molecule has 0 unspecified atom stereocenters. The fourth-order valence-electron chi connectivity index (χ4n) is 2.08. The lowest BCUT2D eigenvalue weighted by Gasteiger charge is -2.13. The minimum atomic E-state index is -0.296. The van der Waals surface area contributed by atoms with Crippen LogP contribution in [0.3, 0.4) is 0 Å². The zero-order chi connectivity index (χ0) is 17.7. The van der Waals surface area contributed by atoms with E-state index < -0.39 is 0 Å². The molecule has 1 aromatic heterocycles. The fourth-order valence-corrected chi connectivity index (χ4v) is 2.08. The maximum Gasteiger partial charge on any atom is 0.270 e. The van der Waals surface area contributed by atoms with E-state index >= 15 is 0 Å². The number of carbonyl (C=O) groups excluding carboxylic acids is 2. The highest BCUT2D eigenvalue weighted by molar-refractivity contribution is 6.05. The molecule has 0 aliphatic rings. The van der Waals surface area contributed by atoms with Crippen LogP contribution >= 0.6 is 0 Å². The first-order chi connectivity index (χ1) is 11.4. The monoisotopic (exact) mass is 326 g/mol. The first-order valence-electron chi connectivity index (χ1n) is 7.72. The molecule has 0 fully saturated rings. The van der Waals surface area contributed by atoms with Crippen LogP contribution in [0.4, 0.5) is 11.4 Å². The van der Waals surface area contributed by atoms with Crippen LogP contribution in [0.5, 0.6) is 0 Å². The second-order valence-electron chi connectivity index (χ2n) is 5.95. The third-order valence-corrected chi connectivity index (χ3v) is 3.32. The second kappa shape index (κ2) is 7.59. The summed E-state index contributed by atoms with van der Waals surface area (Å²) < 4.78 is 0.